The highest BCUT2D eigenvalue weighted by molar-refractivity contribution is 4.69. The lowest BCUT2D eigenvalue weighted by Crippen LogP contribution is -2.46. The Morgan fingerprint density at radius 2 is 1.94 bits per heavy atom. The van der Waals surface area contributed by atoms with Gasteiger partial charge in [0.05, 0.1) is 0 Å². The van der Waals surface area contributed by atoms with E-state index in [-0.39, 0.29) is 0 Å². The maximum atomic E-state index is 5.64. The van der Waals surface area contributed by atoms with Gasteiger partial charge in [-0.25, -0.2) is 0 Å². The van der Waals surface area contributed by atoms with Crippen LogP contribution in [0.5, 0.6) is 0 Å². The van der Waals surface area contributed by atoms with Crippen molar-refractivity contribution in [3.8, 4) is 0 Å². The van der Waals surface area contributed by atoms with Crippen molar-refractivity contribution in [3.05, 3.63) is 0 Å². The van der Waals surface area contributed by atoms with E-state index in [4.69, 9.17) is 5.73 Å². The van der Waals surface area contributed by atoms with Crippen LogP contribution in [0.1, 0.15) is 19.8 Å². The van der Waals surface area contributed by atoms with Gasteiger partial charge in [-0.2, -0.15) is 0 Å². The van der Waals surface area contributed by atoms with E-state index in [0.29, 0.717) is 0 Å². The third-order valence-electron chi connectivity index (χ3n) is 3.22. The Labute approximate surface area is 100 Å². The summed E-state index contributed by atoms with van der Waals surface area (Å²) in [5.41, 5.74) is 5.64. The van der Waals surface area contributed by atoms with E-state index < -0.39 is 0 Å². The maximum Gasteiger partial charge on any atom is 0.0110 e. The van der Waals surface area contributed by atoms with Crippen molar-refractivity contribution >= 4 is 0 Å². The number of rotatable bonds is 8. The molecule has 16 heavy (non-hydrogen) atoms. The van der Waals surface area contributed by atoms with E-state index >= 15 is 0 Å². The third kappa shape index (κ3) is 5.80. The largest absolute Gasteiger partial charge is 0.329 e. The first-order valence-electron chi connectivity index (χ1n) is 6.72. The molecule has 0 unspecified atom stereocenters. The number of nitrogens with one attached hydrogen (secondary N) is 1. The van der Waals surface area contributed by atoms with Gasteiger partial charge in [0.1, 0.15) is 0 Å². The first kappa shape index (κ1) is 13.9. The summed E-state index contributed by atoms with van der Waals surface area (Å²) in [6.07, 6.45) is 2.57. The number of unbranched alkanes of at least 4 members (excludes halogenated alkanes) is 1. The molecule has 1 rings (SSSR count). The Morgan fingerprint density at radius 1 is 1.19 bits per heavy atom. The quantitative estimate of drug-likeness (QED) is 0.611. The van der Waals surface area contributed by atoms with Gasteiger partial charge in [0.15, 0.2) is 0 Å². The molecule has 4 heteroatoms. The monoisotopic (exact) mass is 228 g/mol. The fourth-order valence-electron chi connectivity index (χ4n) is 2.12. The Morgan fingerprint density at radius 3 is 2.56 bits per heavy atom. The molecule has 0 aromatic carbocycles. The summed E-state index contributed by atoms with van der Waals surface area (Å²) in [5, 5.41) is 3.39. The van der Waals surface area contributed by atoms with Crippen molar-refractivity contribution in [1.29, 1.82) is 0 Å². The summed E-state index contributed by atoms with van der Waals surface area (Å²) in [6.45, 7) is 12.4. The van der Waals surface area contributed by atoms with E-state index in [9.17, 15) is 0 Å². The molecule has 0 bridgehead atoms. The van der Waals surface area contributed by atoms with E-state index in [2.05, 4.69) is 22.0 Å². The molecule has 4 nitrogen and oxygen atoms in total. The average molecular weight is 228 g/mol. The molecule has 1 fully saturated rings. The van der Waals surface area contributed by atoms with Crippen molar-refractivity contribution in [2.24, 2.45) is 5.73 Å². The molecule has 1 aliphatic heterocycles. The molecule has 0 atom stereocenters. The van der Waals surface area contributed by atoms with Crippen LogP contribution in [-0.2, 0) is 0 Å². The van der Waals surface area contributed by atoms with Crippen molar-refractivity contribution in [1.82, 2.24) is 15.1 Å². The van der Waals surface area contributed by atoms with Crippen LogP contribution in [0.4, 0.5) is 0 Å². The fraction of sp³-hybridized carbons (Fsp3) is 1.00. The highest BCUT2D eigenvalue weighted by atomic mass is 15.2. The minimum absolute atomic E-state index is 0.783. The van der Waals surface area contributed by atoms with Crippen molar-refractivity contribution < 1.29 is 0 Å². The molecule has 0 aliphatic carbocycles. The van der Waals surface area contributed by atoms with Gasteiger partial charge >= 0.3 is 0 Å². The van der Waals surface area contributed by atoms with Gasteiger partial charge in [0, 0.05) is 52.4 Å². The Hall–Kier alpha value is -0.160. The number of nitrogens with two attached hydrogens (primary N) is 1. The molecule has 0 aromatic rings. The predicted octanol–water partition coefficient (Wildman–Crippen LogP) is -0.0476. The number of nitrogens with zero attached hydrogens (tertiary/aromatic N) is 2. The van der Waals surface area contributed by atoms with Crippen molar-refractivity contribution in [3.63, 3.8) is 0 Å². The minimum Gasteiger partial charge on any atom is -0.329 e. The van der Waals surface area contributed by atoms with Crippen LogP contribution in [0.25, 0.3) is 0 Å². The first-order valence-corrected chi connectivity index (χ1v) is 6.72. The summed E-state index contributed by atoms with van der Waals surface area (Å²) in [6, 6.07) is 0. The fourth-order valence-corrected chi connectivity index (χ4v) is 2.12. The molecule has 1 aliphatic rings. The van der Waals surface area contributed by atoms with Gasteiger partial charge < -0.3 is 16.0 Å². The second-order valence-corrected chi connectivity index (χ2v) is 4.58. The van der Waals surface area contributed by atoms with Gasteiger partial charge in [-0.3, -0.25) is 4.90 Å². The van der Waals surface area contributed by atoms with Gasteiger partial charge in [-0.05, 0) is 13.0 Å². The van der Waals surface area contributed by atoms with Gasteiger partial charge in [-0.1, -0.05) is 13.3 Å². The zero-order valence-electron chi connectivity index (χ0n) is 10.7. The van der Waals surface area contributed by atoms with E-state index in [1.807, 2.05) is 0 Å². The Kier molecular flexibility index (Phi) is 7.76. The third-order valence-corrected chi connectivity index (χ3v) is 3.22. The molecule has 0 saturated carbocycles. The summed E-state index contributed by atoms with van der Waals surface area (Å²) in [7, 11) is 0. The average Bonchev–Trinajstić information content (AvgIpc) is 2.34. The van der Waals surface area contributed by atoms with Gasteiger partial charge in [0.2, 0.25) is 0 Å². The van der Waals surface area contributed by atoms with Crippen LogP contribution in [-0.4, -0.2) is 68.7 Å². The smallest absolute Gasteiger partial charge is 0.0110 e. The zero-order chi connectivity index (χ0) is 11.6. The maximum absolute atomic E-state index is 5.64. The lowest BCUT2D eigenvalue weighted by Gasteiger charge is -2.30. The standard InChI is InChI=1S/C12H28N4/c1-2-3-7-15(8-4-13)11-12-16-9-5-14-6-10-16/h14H,2-13H2,1H3. The highest BCUT2D eigenvalue weighted by Crippen LogP contribution is 1.97. The first-order chi connectivity index (χ1) is 7.86. The number of hydrogen-bond donors (Lipinski definition) is 2. The molecule has 0 radical (unpaired) electrons. The molecular weight excluding hydrogens is 200 g/mol. The molecule has 0 spiro atoms. The lowest BCUT2D eigenvalue weighted by molar-refractivity contribution is 0.189. The molecule has 1 heterocycles. The lowest BCUT2D eigenvalue weighted by atomic mass is 10.3. The summed E-state index contributed by atoms with van der Waals surface area (Å²) >= 11 is 0. The molecule has 1 saturated heterocycles. The second kappa shape index (κ2) is 8.93. The van der Waals surface area contributed by atoms with Crippen LogP contribution in [0, 0.1) is 0 Å². The summed E-state index contributed by atoms with van der Waals surface area (Å²) in [4.78, 5) is 5.05. The summed E-state index contributed by atoms with van der Waals surface area (Å²) < 4.78 is 0. The van der Waals surface area contributed by atoms with E-state index in [1.54, 1.807) is 0 Å². The number of hydrogen-bond acceptors (Lipinski definition) is 4. The summed E-state index contributed by atoms with van der Waals surface area (Å²) in [5.74, 6) is 0. The Balaban J connectivity index is 2.14. The second-order valence-electron chi connectivity index (χ2n) is 4.58. The van der Waals surface area contributed by atoms with Crippen LogP contribution >= 0.6 is 0 Å². The topological polar surface area (TPSA) is 44.5 Å². The van der Waals surface area contributed by atoms with Crippen molar-refractivity contribution in [2.75, 3.05) is 58.9 Å². The van der Waals surface area contributed by atoms with E-state index in [1.165, 1.54) is 45.6 Å². The normalized spacial score (nSPS) is 18.2. The van der Waals surface area contributed by atoms with Crippen LogP contribution in [0.2, 0.25) is 0 Å². The van der Waals surface area contributed by atoms with E-state index in [0.717, 1.165) is 26.2 Å². The van der Waals surface area contributed by atoms with Crippen LogP contribution in [0.15, 0.2) is 0 Å². The molecule has 96 valence electrons. The molecule has 0 aromatic heterocycles. The van der Waals surface area contributed by atoms with Crippen LogP contribution < -0.4 is 11.1 Å². The SMILES string of the molecule is CCCCN(CCN)CCN1CCNCC1. The molecular formula is C12H28N4. The predicted molar refractivity (Wildman–Crippen MR) is 69.7 cm³/mol. The Bertz CT molecular complexity index is 157. The minimum atomic E-state index is 0.783. The molecule has 3 N–H and O–H groups in total. The van der Waals surface area contributed by atoms with Crippen LogP contribution in [0.3, 0.4) is 0 Å². The van der Waals surface area contributed by atoms with Crippen molar-refractivity contribution in [2.45, 2.75) is 19.8 Å². The number of piperazine rings is 1. The van der Waals surface area contributed by atoms with Gasteiger partial charge in [-0.15, -0.1) is 0 Å². The highest BCUT2D eigenvalue weighted by Gasteiger charge is 2.10. The molecule has 0 amide bonds. The van der Waals surface area contributed by atoms with Gasteiger partial charge in [0.25, 0.3) is 0 Å². The zero-order valence-corrected chi connectivity index (χ0v) is 10.7.